The molecule has 2 aliphatic heterocycles. The second-order valence-electron chi connectivity index (χ2n) is 6.92. The Hall–Kier alpha value is -2.09. The van der Waals surface area contributed by atoms with Gasteiger partial charge in [0.25, 0.3) is 5.91 Å². The van der Waals surface area contributed by atoms with E-state index in [1.54, 1.807) is 29.8 Å². The fourth-order valence-electron chi connectivity index (χ4n) is 3.24. The number of anilines is 1. The van der Waals surface area contributed by atoms with E-state index in [4.69, 9.17) is 21.3 Å². The van der Waals surface area contributed by atoms with Crippen molar-refractivity contribution in [1.82, 2.24) is 4.90 Å². The lowest BCUT2D eigenvalue weighted by Crippen LogP contribution is -2.30. The highest BCUT2D eigenvalue weighted by atomic mass is 35.5. The maximum Gasteiger partial charge on any atom is 0.269 e. The van der Waals surface area contributed by atoms with Crippen molar-refractivity contribution in [3.63, 3.8) is 0 Å². The summed E-state index contributed by atoms with van der Waals surface area (Å²) in [7, 11) is 3.64. The van der Waals surface area contributed by atoms with Gasteiger partial charge < -0.3 is 9.64 Å². The number of nitrogens with zero attached hydrogens (tertiary/aromatic N) is 3. The van der Waals surface area contributed by atoms with Crippen LogP contribution in [0.5, 0.6) is 5.75 Å². The number of amides is 1. The third-order valence-electron chi connectivity index (χ3n) is 4.86. The SMILES string of the molecule is CCCCN1C(=O)C(=C2Sc3ccc(OC)cc3N2C)SC1=Nc1cccc(Cl)c1. The van der Waals surface area contributed by atoms with Gasteiger partial charge in [-0.3, -0.25) is 9.69 Å². The Labute approximate surface area is 190 Å². The molecule has 0 aliphatic carbocycles. The van der Waals surface area contributed by atoms with E-state index in [0.717, 1.165) is 39.9 Å². The molecule has 156 valence electrons. The van der Waals surface area contributed by atoms with E-state index in [1.165, 1.54) is 11.8 Å². The minimum atomic E-state index is 0.00310. The molecule has 0 spiro atoms. The second kappa shape index (κ2) is 8.96. The number of fused-ring (bicyclic) bond motifs is 1. The van der Waals surface area contributed by atoms with Crippen LogP contribution in [0.4, 0.5) is 11.4 Å². The number of carbonyl (C=O) groups excluding carboxylic acids is 1. The van der Waals surface area contributed by atoms with Gasteiger partial charge in [0.05, 0.1) is 23.5 Å². The van der Waals surface area contributed by atoms with E-state index in [0.29, 0.717) is 21.6 Å². The number of unbranched alkanes of at least 4 members (excludes halogenated alkanes) is 1. The number of methoxy groups -OCH3 is 1. The van der Waals surface area contributed by atoms with Crippen LogP contribution in [0.1, 0.15) is 19.8 Å². The summed E-state index contributed by atoms with van der Waals surface area (Å²) in [4.78, 5) is 23.8. The summed E-state index contributed by atoms with van der Waals surface area (Å²) in [6.45, 7) is 2.76. The number of amidine groups is 1. The lowest BCUT2D eigenvalue weighted by molar-refractivity contribution is -0.122. The first-order valence-corrected chi connectivity index (χ1v) is 11.7. The number of thioether (sulfide) groups is 2. The van der Waals surface area contributed by atoms with Crippen molar-refractivity contribution in [3.8, 4) is 5.75 Å². The van der Waals surface area contributed by atoms with Crippen molar-refractivity contribution in [3.05, 3.63) is 57.4 Å². The highest BCUT2D eigenvalue weighted by molar-refractivity contribution is 8.19. The maximum absolute atomic E-state index is 13.4. The molecule has 0 saturated carbocycles. The second-order valence-corrected chi connectivity index (χ2v) is 9.36. The number of carbonyl (C=O) groups is 1. The van der Waals surface area contributed by atoms with Crippen LogP contribution < -0.4 is 9.64 Å². The summed E-state index contributed by atoms with van der Waals surface area (Å²) in [5, 5.41) is 2.24. The van der Waals surface area contributed by atoms with Gasteiger partial charge in [-0.25, -0.2) is 4.99 Å². The molecule has 2 heterocycles. The zero-order valence-corrected chi connectivity index (χ0v) is 19.4. The minimum Gasteiger partial charge on any atom is -0.497 e. The highest BCUT2D eigenvalue weighted by Gasteiger charge is 2.39. The van der Waals surface area contributed by atoms with Gasteiger partial charge in [-0.15, -0.1) is 0 Å². The van der Waals surface area contributed by atoms with Crippen molar-refractivity contribution < 1.29 is 9.53 Å². The molecule has 1 fully saturated rings. The zero-order valence-electron chi connectivity index (χ0n) is 17.0. The highest BCUT2D eigenvalue weighted by Crippen LogP contribution is 2.51. The fraction of sp³-hybridized carbons (Fsp3) is 0.273. The zero-order chi connectivity index (χ0) is 21.3. The molecule has 1 saturated heterocycles. The number of benzene rings is 2. The Balaban J connectivity index is 1.71. The molecular weight excluding hydrogens is 438 g/mol. The van der Waals surface area contributed by atoms with Gasteiger partial charge in [-0.2, -0.15) is 0 Å². The van der Waals surface area contributed by atoms with Gasteiger partial charge in [0.2, 0.25) is 0 Å². The van der Waals surface area contributed by atoms with Crippen molar-refractivity contribution >= 4 is 57.6 Å². The summed E-state index contributed by atoms with van der Waals surface area (Å²) >= 11 is 9.16. The molecule has 0 aromatic heterocycles. The topological polar surface area (TPSA) is 45.1 Å². The largest absolute Gasteiger partial charge is 0.497 e. The van der Waals surface area contributed by atoms with Crippen molar-refractivity contribution in [2.75, 3.05) is 25.6 Å². The van der Waals surface area contributed by atoms with Crippen molar-refractivity contribution in [2.45, 2.75) is 24.7 Å². The number of halogens is 1. The quantitative estimate of drug-likeness (QED) is 0.504. The van der Waals surface area contributed by atoms with Crippen LogP contribution in [-0.2, 0) is 4.79 Å². The summed E-state index contributed by atoms with van der Waals surface area (Å²) in [6, 6.07) is 13.3. The van der Waals surface area contributed by atoms with E-state index in [9.17, 15) is 4.79 Å². The molecular formula is C22H22ClN3O2S2. The average molecular weight is 460 g/mol. The first-order chi connectivity index (χ1) is 14.5. The van der Waals surface area contributed by atoms with Gasteiger partial charge in [0.1, 0.15) is 10.7 Å². The van der Waals surface area contributed by atoms with E-state index < -0.39 is 0 Å². The number of rotatable bonds is 5. The van der Waals surface area contributed by atoms with Gasteiger partial charge in [-0.05, 0) is 48.5 Å². The molecule has 0 radical (unpaired) electrons. The molecule has 2 aromatic rings. The van der Waals surface area contributed by atoms with Crippen LogP contribution in [-0.4, -0.2) is 36.7 Å². The number of hydrogen-bond acceptors (Lipinski definition) is 6. The summed E-state index contributed by atoms with van der Waals surface area (Å²) in [5.41, 5.74) is 1.78. The molecule has 0 atom stereocenters. The lowest BCUT2D eigenvalue weighted by Gasteiger charge is -2.16. The molecule has 0 unspecified atom stereocenters. The number of hydrogen-bond donors (Lipinski definition) is 0. The molecule has 0 bridgehead atoms. The van der Waals surface area contributed by atoms with E-state index in [-0.39, 0.29) is 5.91 Å². The number of ether oxygens (including phenoxy) is 1. The van der Waals surface area contributed by atoms with Crippen LogP contribution in [0, 0.1) is 0 Å². The molecule has 1 amide bonds. The molecule has 30 heavy (non-hydrogen) atoms. The van der Waals surface area contributed by atoms with Crippen LogP contribution in [0.3, 0.4) is 0 Å². The molecule has 0 N–H and O–H groups in total. The Bertz CT molecular complexity index is 1050. The standard InChI is InChI=1S/C22H22ClN3O2S2/c1-4-5-11-26-20(27)19(30-22(26)24-15-8-6-7-14(23)12-15)21-25(2)17-13-16(28-3)9-10-18(17)29-21/h6-10,12-13H,4-5,11H2,1-3H3. The molecule has 2 aliphatic rings. The molecule has 8 heteroatoms. The predicted octanol–water partition coefficient (Wildman–Crippen LogP) is 6.12. The number of aliphatic imine (C=N–C) groups is 1. The minimum absolute atomic E-state index is 0.00310. The predicted molar refractivity (Wildman–Crippen MR) is 127 cm³/mol. The lowest BCUT2D eigenvalue weighted by atomic mass is 10.3. The summed E-state index contributed by atoms with van der Waals surface area (Å²) in [6.07, 6.45) is 1.93. The van der Waals surface area contributed by atoms with Crippen LogP contribution in [0.15, 0.2) is 62.3 Å². The van der Waals surface area contributed by atoms with E-state index >= 15 is 0 Å². The molecule has 2 aromatic carbocycles. The van der Waals surface area contributed by atoms with Crippen molar-refractivity contribution in [2.24, 2.45) is 4.99 Å². The Morgan fingerprint density at radius 2 is 2.00 bits per heavy atom. The Morgan fingerprint density at radius 1 is 1.17 bits per heavy atom. The van der Waals surface area contributed by atoms with Gasteiger partial charge in [0, 0.05) is 29.6 Å². The first kappa shape index (κ1) is 21.2. The van der Waals surface area contributed by atoms with Crippen LogP contribution in [0.25, 0.3) is 0 Å². The maximum atomic E-state index is 13.4. The fourth-order valence-corrected chi connectivity index (χ4v) is 5.77. The smallest absolute Gasteiger partial charge is 0.269 e. The monoisotopic (exact) mass is 459 g/mol. The van der Waals surface area contributed by atoms with E-state index in [1.807, 2.05) is 43.4 Å². The summed E-state index contributed by atoms with van der Waals surface area (Å²) < 4.78 is 5.36. The Morgan fingerprint density at radius 3 is 2.73 bits per heavy atom. The van der Waals surface area contributed by atoms with Gasteiger partial charge in [0.15, 0.2) is 5.17 Å². The van der Waals surface area contributed by atoms with Crippen LogP contribution in [0.2, 0.25) is 5.02 Å². The Kier molecular flexibility index (Phi) is 6.32. The first-order valence-electron chi connectivity index (χ1n) is 9.69. The third kappa shape index (κ3) is 4.06. The normalized spacial score (nSPS) is 19.7. The molecule has 4 rings (SSSR count). The van der Waals surface area contributed by atoms with Gasteiger partial charge in [-0.1, -0.05) is 42.8 Å². The third-order valence-corrected chi connectivity index (χ3v) is 7.53. The van der Waals surface area contributed by atoms with Crippen LogP contribution >= 0.6 is 35.1 Å². The van der Waals surface area contributed by atoms with Gasteiger partial charge >= 0.3 is 0 Å². The van der Waals surface area contributed by atoms with E-state index in [2.05, 4.69) is 11.8 Å². The average Bonchev–Trinajstić information content (AvgIpc) is 3.22. The van der Waals surface area contributed by atoms with Crippen molar-refractivity contribution in [1.29, 1.82) is 0 Å². The summed E-state index contributed by atoms with van der Waals surface area (Å²) in [5.74, 6) is 0.800. The molecule has 5 nitrogen and oxygen atoms in total.